The van der Waals surface area contributed by atoms with Crippen LogP contribution < -0.4 is 5.73 Å². The van der Waals surface area contributed by atoms with Crippen LogP contribution in [0.5, 0.6) is 0 Å². The number of allylic oxidation sites excluding steroid dienone is 3. The van der Waals surface area contributed by atoms with Crippen molar-refractivity contribution in [3.05, 3.63) is 24.3 Å². The van der Waals surface area contributed by atoms with Crippen molar-refractivity contribution in [3.8, 4) is 0 Å². The fourth-order valence-corrected chi connectivity index (χ4v) is 3.83. The van der Waals surface area contributed by atoms with Gasteiger partial charge in [0.25, 0.3) is 0 Å². The number of aliphatic carboxylic acids is 1. The number of carboxylic acids is 1. The lowest BCUT2D eigenvalue weighted by atomic mass is 10.1. The summed E-state index contributed by atoms with van der Waals surface area (Å²) in [6, 6.07) is -0.556. The van der Waals surface area contributed by atoms with E-state index in [-0.39, 0.29) is 11.7 Å². The van der Waals surface area contributed by atoms with Gasteiger partial charge in [0, 0.05) is 17.4 Å². The lowest BCUT2D eigenvalue weighted by Crippen LogP contribution is -2.28. The van der Waals surface area contributed by atoms with E-state index in [0.29, 0.717) is 24.9 Å². The van der Waals surface area contributed by atoms with E-state index in [1.807, 2.05) is 18.2 Å². The minimum atomic E-state index is -0.858. The molecule has 3 atom stereocenters. The summed E-state index contributed by atoms with van der Waals surface area (Å²) >= 11 is 1.43. The molecule has 0 aliphatic carbocycles. The van der Waals surface area contributed by atoms with Crippen molar-refractivity contribution in [2.45, 2.75) is 94.9 Å². The summed E-state index contributed by atoms with van der Waals surface area (Å²) < 4.78 is 0. The zero-order valence-corrected chi connectivity index (χ0v) is 18.1. The van der Waals surface area contributed by atoms with E-state index in [0.717, 1.165) is 6.42 Å². The summed E-state index contributed by atoms with van der Waals surface area (Å²) in [4.78, 5) is 21.3. The van der Waals surface area contributed by atoms with Crippen LogP contribution >= 0.6 is 11.8 Å². The number of carbonyl (C=O) groups excluding carboxylic acids is 1. The van der Waals surface area contributed by atoms with Gasteiger partial charge in [-0.3, -0.25) is 4.79 Å². The van der Waals surface area contributed by atoms with E-state index in [1.54, 1.807) is 0 Å². The second-order valence-electron chi connectivity index (χ2n) is 7.17. The molecule has 0 aromatic rings. The highest BCUT2D eigenvalue weighted by Crippen LogP contribution is 2.21. The first-order valence-electron chi connectivity index (χ1n) is 10.6. The fourth-order valence-electron chi connectivity index (χ4n) is 2.75. The van der Waals surface area contributed by atoms with Crippen molar-refractivity contribution in [1.82, 2.24) is 0 Å². The van der Waals surface area contributed by atoms with Gasteiger partial charge >= 0.3 is 5.97 Å². The molecule has 0 heterocycles. The van der Waals surface area contributed by atoms with Crippen LogP contribution in [-0.2, 0) is 9.59 Å². The van der Waals surface area contributed by atoms with E-state index in [2.05, 4.69) is 13.0 Å². The molecule has 0 aromatic heterocycles. The molecular weight excluding hydrogens is 374 g/mol. The second kappa shape index (κ2) is 19.2. The van der Waals surface area contributed by atoms with Crippen molar-refractivity contribution in [2.75, 3.05) is 5.75 Å². The number of carbonyl (C=O) groups is 2. The maximum absolute atomic E-state index is 10.7. The molecular formula is C22H39NO4S. The first-order valence-corrected chi connectivity index (χ1v) is 11.6. The van der Waals surface area contributed by atoms with E-state index in [1.165, 1.54) is 56.7 Å². The third kappa shape index (κ3) is 17.0. The van der Waals surface area contributed by atoms with Crippen LogP contribution in [0, 0.1) is 0 Å². The van der Waals surface area contributed by atoms with Gasteiger partial charge < -0.3 is 20.7 Å². The highest BCUT2D eigenvalue weighted by molar-refractivity contribution is 8.00. The monoisotopic (exact) mass is 413 g/mol. The van der Waals surface area contributed by atoms with E-state index in [4.69, 9.17) is 10.8 Å². The molecule has 0 aliphatic rings. The summed E-state index contributed by atoms with van der Waals surface area (Å²) in [7, 11) is 0. The highest BCUT2D eigenvalue weighted by Gasteiger charge is 2.18. The van der Waals surface area contributed by atoms with Crippen molar-refractivity contribution in [2.24, 2.45) is 5.73 Å². The van der Waals surface area contributed by atoms with E-state index >= 15 is 0 Å². The van der Waals surface area contributed by atoms with Crippen LogP contribution in [0.15, 0.2) is 24.3 Å². The summed E-state index contributed by atoms with van der Waals surface area (Å²) in [6.07, 6.45) is 19.0. The number of unbranched alkanes of at least 4 members (excludes halogenated alkanes) is 7. The topological polar surface area (TPSA) is 101 Å². The molecule has 6 heteroatoms. The Morgan fingerprint density at radius 3 is 2.39 bits per heavy atom. The smallest absolute Gasteiger partial charge is 0.303 e. The first-order chi connectivity index (χ1) is 13.5. The highest BCUT2D eigenvalue weighted by atomic mass is 32.2. The molecule has 0 radical (unpaired) electrons. The van der Waals surface area contributed by atoms with Gasteiger partial charge in [-0.05, 0) is 25.7 Å². The zero-order valence-electron chi connectivity index (χ0n) is 17.3. The van der Waals surface area contributed by atoms with Crippen LogP contribution in [0.25, 0.3) is 0 Å². The predicted molar refractivity (Wildman–Crippen MR) is 119 cm³/mol. The lowest BCUT2D eigenvalue weighted by molar-refractivity contribution is -0.137. The molecule has 162 valence electrons. The van der Waals surface area contributed by atoms with Gasteiger partial charge in [0.15, 0.2) is 0 Å². The molecule has 0 saturated heterocycles. The minimum Gasteiger partial charge on any atom is -0.481 e. The van der Waals surface area contributed by atoms with Gasteiger partial charge in [-0.25, -0.2) is 0 Å². The number of rotatable bonds is 19. The van der Waals surface area contributed by atoms with Gasteiger partial charge in [0.2, 0.25) is 0 Å². The van der Waals surface area contributed by atoms with Gasteiger partial charge in [0.05, 0.1) is 12.1 Å². The van der Waals surface area contributed by atoms with Crippen molar-refractivity contribution >= 4 is 24.0 Å². The molecule has 28 heavy (non-hydrogen) atoms. The Labute approximate surface area is 174 Å². The SMILES string of the molecule is CCCCCCCCCC=CC=CC(SC[C@H](N)C=O)C(O)CCCC(=O)O. The average Bonchev–Trinajstić information content (AvgIpc) is 2.67. The Bertz CT molecular complexity index is 454. The zero-order chi connectivity index (χ0) is 21.0. The Hall–Kier alpha value is -1.11. The van der Waals surface area contributed by atoms with Crippen molar-refractivity contribution in [1.29, 1.82) is 0 Å². The van der Waals surface area contributed by atoms with Gasteiger partial charge in [-0.1, -0.05) is 69.8 Å². The molecule has 0 aliphatic heterocycles. The average molecular weight is 414 g/mol. The normalized spacial score (nSPS) is 15.1. The number of aldehydes is 1. The van der Waals surface area contributed by atoms with Crippen LogP contribution in [0.1, 0.15) is 77.6 Å². The molecule has 0 amide bonds. The van der Waals surface area contributed by atoms with Gasteiger partial charge in [0.1, 0.15) is 6.29 Å². The Balaban J connectivity index is 4.23. The molecule has 0 fully saturated rings. The standard InChI is InChI=1S/C22H39NO4S/c1-2-3-4-5-6-7-8-9-10-11-12-15-21(28-18-19(23)17-24)20(25)14-13-16-22(26)27/h10-12,15,17,19-21,25H,2-9,13-14,16,18,23H2,1H3,(H,26,27)/t19-,20?,21?/m1/s1. The summed E-state index contributed by atoms with van der Waals surface area (Å²) in [5, 5.41) is 18.9. The molecule has 5 nitrogen and oxygen atoms in total. The number of hydrogen-bond donors (Lipinski definition) is 3. The van der Waals surface area contributed by atoms with E-state index in [9.17, 15) is 14.7 Å². The number of aliphatic hydroxyl groups is 1. The van der Waals surface area contributed by atoms with Crippen LogP contribution in [0.4, 0.5) is 0 Å². The Kier molecular flexibility index (Phi) is 18.5. The summed E-state index contributed by atoms with van der Waals surface area (Å²) in [6.45, 7) is 2.23. The molecule has 0 bridgehead atoms. The van der Waals surface area contributed by atoms with Crippen LogP contribution in [-0.4, -0.2) is 45.6 Å². The van der Waals surface area contributed by atoms with Crippen molar-refractivity contribution in [3.63, 3.8) is 0 Å². The third-order valence-electron chi connectivity index (χ3n) is 4.45. The summed E-state index contributed by atoms with van der Waals surface area (Å²) in [5.41, 5.74) is 5.64. The maximum Gasteiger partial charge on any atom is 0.303 e. The number of thioether (sulfide) groups is 1. The molecule has 2 unspecified atom stereocenters. The predicted octanol–water partition coefficient (Wildman–Crippen LogP) is 4.48. The molecule has 0 aromatic carbocycles. The van der Waals surface area contributed by atoms with Crippen LogP contribution in [0.2, 0.25) is 0 Å². The van der Waals surface area contributed by atoms with E-state index < -0.39 is 18.1 Å². The number of hydrogen-bond acceptors (Lipinski definition) is 5. The van der Waals surface area contributed by atoms with Crippen LogP contribution in [0.3, 0.4) is 0 Å². The number of nitrogens with two attached hydrogens (primary N) is 1. The third-order valence-corrected chi connectivity index (χ3v) is 5.88. The number of carboxylic acid groups (broad SMARTS) is 1. The minimum absolute atomic E-state index is 0.0460. The summed E-state index contributed by atoms with van der Waals surface area (Å²) in [5.74, 6) is -0.431. The number of aliphatic hydroxyl groups excluding tert-OH is 1. The molecule has 4 N–H and O–H groups in total. The maximum atomic E-state index is 10.7. The molecule has 0 saturated carbocycles. The largest absolute Gasteiger partial charge is 0.481 e. The van der Waals surface area contributed by atoms with Gasteiger partial charge in [-0.15, -0.1) is 11.8 Å². The molecule has 0 rings (SSSR count). The first kappa shape index (κ1) is 26.9. The molecule has 0 spiro atoms. The van der Waals surface area contributed by atoms with Gasteiger partial charge in [-0.2, -0.15) is 0 Å². The quantitative estimate of drug-likeness (QED) is 0.164. The van der Waals surface area contributed by atoms with Crippen molar-refractivity contribution < 1.29 is 19.8 Å². The fraction of sp³-hybridized carbons (Fsp3) is 0.727. The second-order valence-corrected chi connectivity index (χ2v) is 8.39. The Morgan fingerprint density at radius 1 is 1.07 bits per heavy atom. The lowest BCUT2D eigenvalue weighted by Gasteiger charge is -2.20. The Morgan fingerprint density at radius 2 is 1.75 bits per heavy atom.